The van der Waals surface area contributed by atoms with Gasteiger partial charge in [0, 0.05) is 17.1 Å². The Bertz CT molecular complexity index is 1310. The lowest BCUT2D eigenvalue weighted by atomic mass is 9.96. The lowest BCUT2D eigenvalue weighted by molar-refractivity contribution is -0.384. The number of nitrogens with zero attached hydrogens (tertiary/aromatic N) is 4. The minimum atomic E-state index is -0.490. The van der Waals surface area contributed by atoms with Crippen molar-refractivity contribution in [3.8, 4) is 11.5 Å². The molecule has 0 atom stereocenters. The number of rotatable bonds is 5. The third kappa shape index (κ3) is 3.50. The second kappa shape index (κ2) is 7.99. The van der Waals surface area contributed by atoms with Crippen LogP contribution in [0.2, 0.25) is 0 Å². The smallest absolute Gasteiger partial charge is 0.282 e. The first-order valence-corrected chi connectivity index (χ1v) is 11.0. The molecule has 2 aromatic heterocycles. The molecule has 2 heterocycles. The Balaban J connectivity index is 1.39. The van der Waals surface area contributed by atoms with E-state index in [1.807, 2.05) is 22.8 Å². The van der Waals surface area contributed by atoms with E-state index in [1.54, 1.807) is 18.2 Å². The van der Waals surface area contributed by atoms with Gasteiger partial charge in [-0.2, -0.15) is 0 Å². The summed E-state index contributed by atoms with van der Waals surface area (Å²) in [4.78, 5) is 23.9. The Labute approximate surface area is 181 Å². The maximum atomic E-state index is 13.1. The van der Waals surface area contributed by atoms with Crippen molar-refractivity contribution in [3.63, 3.8) is 0 Å². The van der Waals surface area contributed by atoms with Gasteiger partial charge in [0.05, 0.1) is 16.2 Å². The Kier molecular flexibility index (Phi) is 5.03. The molecule has 1 aliphatic carbocycles. The zero-order valence-corrected chi connectivity index (χ0v) is 17.3. The normalized spacial score (nSPS) is 13.3. The summed E-state index contributed by atoms with van der Waals surface area (Å²) in [6.45, 7) is 0. The molecule has 0 spiro atoms. The summed E-state index contributed by atoms with van der Waals surface area (Å²) in [6, 6.07) is 14.2. The van der Waals surface area contributed by atoms with Crippen molar-refractivity contribution >= 4 is 34.3 Å². The van der Waals surface area contributed by atoms with E-state index in [2.05, 4.69) is 16.3 Å². The molecular formula is C22H18N4O4S. The van der Waals surface area contributed by atoms with Gasteiger partial charge in [0.15, 0.2) is 0 Å². The molecule has 0 unspecified atom stereocenters. The second-order valence-electron chi connectivity index (χ2n) is 7.31. The number of nitro groups is 1. The quantitative estimate of drug-likeness (QED) is 0.250. The number of carbonyl (C=O) groups excluding carboxylic acids is 1. The number of aromatic nitrogens is 3. The van der Waals surface area contributed by atoms with Gasteiger partial charge in [-0.15, -0.1) is 10.2 Å². The van der Waals surface area contributed by atoms with Crippen molar-refractivity contribution < 1.29 is 14.1 Å². The summed E-state index contributed by atoms with van der Waals surface area (Å²) < 4.78 is 7.43. The van der Waals surface area contributed by atoms with E-state index in [-0.39, 0.29) is 34.0 Å². The van der Waals surface area contributed by atoms with Gasteiger partial charge in [-0.25, -0.2) is 0 Å². The lowest BCUT2D eigenvalue weighted by Crippen LogP contribution is -2.18. The van der Waals surface area contributed by atoms with Crippen LogP contribution in [0.15, 0.2) is 58.2 Å². The Hall–Kier alpha value is -3.46. The molecule has 0 radical (unpaired) electrons. The fourth-order valence-electron chi connectivity index (χ4n) is 4.16. The molecular weight excluding hydrogens is 416 g/mol. The molecule has 0 amide bonds. The van der Waals surface area contributed by atoms with E-state index < -0.39 is 4.92 Å². The van der Waals surface area contributed by atoms with Crippen LogP contribution in [0.3, 0.4) is 0 Å². The molecule has 0 fully saturated rings. The number of fused-ring (bicyclic) bond motifs is 3. The van der Waals surface area contributed by atoms with Crippen LogP contribution in [0.25, 0.3) is 22.4 Å². The number of aryl methyl sites for hydroxylation is 1. The molecule has 0 bridgehead atoms. The first-order valence-electron chi connectivity index (χ1n) is 9.98. The van der Waals surface area contributed by atoms with Crippen LogP contribution in [-0.4, -0.2) is 31.3 Å². The summed E-state index contributed by atoms with van der Waals surface area (Å²) in [7, 11) is 0. The molecule has 8 nitrogen and oxygen atoms in total. The lowest BCUT2D eigenvalue weighted by Gasteiger charge is -2.14. The molecule has 0 saturated carbocycles. The van der Waals surface area contributed by atoms with Crippen LogP contribution in [0.5, 0.6) is 0 Å². The number of benzene rings is 2. The molecule has 9 heteroatoms. The van der Waals surface area contributed by atoms with E-state index in [0.717, 1.165) is 54.0 Å². The third-order valence-corrected chi connectivity index (χ3v) is 6.29. The molecule has 0 saturated heterocycles. The Morgan fingerprint density at radius 2 is 1.87 bits per heavy atom. The molecule has 31 heavy (non-hydrogen) atoms. The first-order chi connectivity index (χ1) is 15.1. The maximum absolute atomic E-state index is 13.1. The predicted molar refractivity (Wildman–Crippen MR) is 116 cm³/mol. The van der Waals surface area contributed by atoms with Gasteiger partial charge in [0.1, 0.15) is 5.56 Å². The van der Waals surface area contributed by atoms with Crippen LogP contribution >= 0.6 is 11.8 Å². The average molecular weight is 434 g/mol. The van der Waals surface area contributed by atoms with E-state index in [9.17, 15) is 14.9 Å². The van der Waals surface area contributed by atoms with E-state index in [1.165, 1.54) is 11.6 Å². The topological polar surface area (TPSA) is 104 Å². The van der Waals surface area contributed by atoms with Gasteiger partial charge in [-0.05, 0) is 43.4 Å². The SMILES string of the molecule is O=C(CSc1nnc(-c2ccccc2[N+](=O)[O-])o1)n1c2c(c3ccccc31)CCCC2. The van der Waals surface area contributed by atoms with Crippen LogP contribution in [-0.2, 0) is 12.8 Å². The summed E-state index contributed by atoms with van der Waals surface area (Å²) in [5, 5.41) is 20.5. The molecule has 1 aliphatic rings. The van der Waals surface area contributed by atoms with Crippen molar-refractivity contribution in [1.29, 1.82) is 0 Å². The molecule has 0 N–H and O–H groups in total. The van der Waals surface area contributed by atoms with Gasteiger partial charge in [0.25, 0.3) is 16.8 Å². The minimum absolute atomic E-state index is 0.0465. The molecule has 4 aromatic rings. The van der Waals surface area contributed by atoms with Crippen LogP contribution in [0.1, 0.15) is 28.9 Å². The fourth-order valence-corrected chi connectivity index (χ4v) is 4.77. The fraction of sp³-hybridized carbons (Fsp3) is 0.227. The monoisotopic (exact) mass is 434 g/mol. The van der Waals surface area contributed by atoms with Gasteiger partial charge < -0.3 is 4.42 Å². The zero-order valence-electron chi connectivity index (χ0n) is 16.5. The van der Waals surface area contributed by atoms with Gasteiger partial charge in [-0.1, -0.05) is 42.1 Å². The third-order valence-electron chi connectivity index (χ3n) is 5.48. The van der Waals surface area contributed by atoms with Crippen molar-refractivity contribution in [2.45, 2.75) is 30.9 Å². The number of para-hydroxylation sites is 2. The van der Waals surface area contributed by atoms with Gasteiger partial charge in [-0.3, -0.25) is 19.5 Å². The van der Waals surface area contributed by atoms with E-state index >= 15 is 0 Å². The van der Waals surface area contributed by atoms with Gasteiger partial charge >= 0.3 is 0 Å². The maximum Gasteiger partial charge on any atom is 0.282 e. The van der Waals surface area contributed by atoms with Crippen molar-refractivity contribution in [1.82, 2.24) is 14.8 Å². The summed E-state index contributed by atoms with van der Waals surface area (Å²) >= 11 is 1.14. The number of hydrogen-bond acceptors (Lipinski definition) is 7. The molecule has 156 valence electrons. The molecule has 2 aromatic carbocycles. The van der Waals surface area contributed by atoms with E-state index in [4.69, 9.17) is 4.42 Å². The minimum Gasteiger partial charge on any atom is -0.411 e. The highest BCUT2D eigenvalue weighted by molar-refractivity contribution is 7.99. The van der Waals surface area contributed by atoms with Crippen molar-refractivity contribution in [2.24, 2.45) is 0 Å². The summed E-state index contributed by atoms with van der Waals surface area (Å²) in [5.41, 5.74) is 3.46. The standard InChI is InChI=1S/C22H18N4O4S/c27-20(25-17-10-4-1-7-14(17)15-8-2-5-11-18(15)25)13-31-22-24-23-21(30-22)16-9-3-6-12-19(16)26(28)29/h1,3-4,6-7,9-10,12H,2,5,8,11,13H2. The number of hydrogen-bond donors (Lipinski definition) is 0. The summed E-state index contributed by atoms with van der Waals surface area (Å²) in [5.74, 6) is 0.143. The van der Waals surface area contributed by atoms with Crippen LogP contribution in [0, 0.1) is 10.1 Å². The van der Waals surface area contributed by atoms with Crippen LogP contribution < -0.4 is 0 Å². The largest absolute Gasteiger partial charge is 0.411 e. The average Bonchev–Trinajstić information content (AvgIpc) is 3.40. The van der Waals surface area contributed by atoms with Crippen molar-refractivity contribution in [2.75, 3.05) is 5.75 Å². The Morgan fingerprint density at radius 1 is 1.10 bits per heavy atom. The highest BCUT2D eigenvalue weighted by atomic mass is 32.2. The summed E-state index contributed by atoms with van der Waals surface area (Å²) in [6.07, 6.45) is 4.10. The molecule has 0 aliphatic heterocycles. The van der Waals surface area contributed by atoms with Gasteiger partial charge in [0.2, 0.25) is 5.91 Å². The highest BCUT2D eigenvalue weighted by Crippen LogP contribution is 2.33. The molecule has 5 rings (SSSR count). The zero-order chi connectivity index (χ0) is 21.4. The second-order valence-corrected chi connectivity index (χ2v) is 8.24. The first kappa shape index (κ1) is 19.5. The van der Waals surface area contributed by atoms with Crippen molar-refractivity contribution in [3.05, 3.63) is 69.9 Å². The highest BCUT2D eigenvalue weighted by Gasteiger charge is 2.24. The number of carbonyl (C=O) groups is 1. The number of thioether (sulfide) groups is 1. The number of nitro benzene ring substituents is 1. The van der Waals surface area contributed by atoms with Crippen LogP contribution in [0.4, 0.5) is 5.69 Å². The van der Waals surface area contributed by atoms with E-state index in [0.29, 0.717) is 0 Å². The Morgan fingerprint density at radius 3 is 2.74 bits per heavy atom. The predicted octanol–water partition coefficient (Wildman–Crippen LogP) is 4.91.